The summed E-state index contributed by atoms with van der Waals surface area (Å²) in [6.45, 7) is 1.85. The molecule has 1 aromatic rings. The third kappa shape index (κ3) is 3.22. The van der Waals surface area contributed by atoms with E-state index in [1.54, 1.807) is 0 Å². The predicted octanol–water partition coefficient (Wildman–Crippen LogP) is 4.03. The zero-order chi connectivity index (χ0) is 10.6. The fourth-order valence-corrected chi connectivity index (χ4v) is 4.79. The van der Waals surface area contributed by atoms with Gasteiger partial charge < -0.3 is 4.74 Å². The van der Waals surface area contributed by atoms with Gasteiger partial charge in [-0.15, -0.1) is 23.1 Å². The maximum absolute atomic E-state index is 5.44. The molecule has 4 heteroatoms. The number of hydrogen-bond donors (Lipinski definition) is 0. The first-order valence-corrected chi connectivity index (χ1v) is 8.13. The molecule has 84 valence electrons. The minimum atomic E-state index is 0.451. The van der Waals surface area contributed by atoms with Crippen molar-refractivity contribution in [3.8, 4) is 0 Å². The van der Waals surface area contributed by atoms with E-state index in [0.717, 1.165) is 18.5 Å². The van der Waals surface area contributed by atoms with Gasteiger partial charge in [-0.05, 0) is 29.7 Å². The third-order valence-electron chi connectivity index (χ3n) is 2.85. The second-order valence-corrected chi connectivity index (χ2v) is 6.75. The Hall–Kier alpha value is 0.490. The highest BCUT2D eigenvalue weighted by atomic mass is 79.9. The highest BCUT2D eigenvalue weighted by molar-refractivity contribution is 9.09. The number of rotatable bonds is 4. The van der Waals surface area contributed by atoms with Gasteiger partial charge in [0.05, 0.1) is 4.21 Å². The molecular formula is C11H15BrOS2. The molecule has 1 saturated heterocycles. The Morgan fingerprint density at radius 1 is 1.47 bits per heavy atom. The molecule has 0 saturated carbocycles. The Kier molecular flexibility index (Phi) is 4.55. The van der Waals surface area contributed by atoms with Crippen molar-refractivity contribution in [2.75, 3.05) is 24.3 Å². The van der Waals surface area contributed by atoms with Gasteiger partial charge in [-0.2, -0.15) is 0 Å². The molecule has 0 N–H and O–H groups in total. The SMILES string of the molecule is BrCC1(CSc2cccs2)CCOCC1. The lowest BCUT2D eigenvalue weighted by Crippen LogP contribution is -2.33. The minimum Gasteiger partial charge on any atom is -0.381 e. The van der Waals surface area contributed by atoms with Crippen molar-refractivity contribution in [1.82, 2.24) is 0 Å². The van der Waals surface area contributed by atoms with Crippen LogP contribution in [0.15, 0.2) is 21.7 Å². The molecule has 15 heavy (non-hydrogen) atoms. The van der Waals surface area contributed by atoms with Crippen LogP contribution in [0.4, 0.5) is 0 Å². The quantitative estimate of drug-likeness (QED) is 0.613. The van der Waals surface area contributed by atoms with Gasteiger partial charge in [0, 0.05) is 24.3 Å². The van der Waals surface area contributed by atoms with E-state index in [-0.39, 0.29) is 0 Å². The smallest absolute Gasteiger partial charge is 0.0598 e. The molecule has 1 aromatic heterocycles. The molecule has 1 aliphatic heterocycles. The van der Waals surface area contributed by atoms with E-state index in [2.05, 4.69) is 33.4 Å². The highest BCUT2D eigenvalue weighted by Gasteiger charge is 2.31. The fraction of sp³-hybridized carbons (Fsp3) is 0.636. The van der Waals surface area contributed by atoms with Gasteiger partial charge >= 0.3 is 0 Å². The Labute approximate surface area is 108 Å². The summed E-state index contributed by atoms with van der Waals surface area (Å²) in [7, 11) is 0. The first-order valence-electron chi connectivity index (χ1n) is 5.15. The van der Waals surface area contributed by atoms with Crippen LogP contribution in [0.3, 0.4) is 0 Å². The average Bonchev–Trinajstić information content (AvgIpc) is 2.81. The summed E-state index contributed by atoms with van der Waals surface area (Å²) in [6.07, 6.45) is 2.38. The van der Waals surface area contributed by atoms with Gasteiger partial charge in [0.15, 0.2) is 0 Å². The lowest BCUT2D eigenvalue weighted by Gasteiger charge is -2.35. The maximum atomic E-state index is 5.44. The second-order valence-electron chi connectivity index (χ2n) is 3.97. The topological polar surface area (TPSA) is 9.23 Å². The Balaban J connectivity index is 1.89. The number of halogens is 1. The summed E-state index contributed by atoms with van der Waals surface area (Å²) in [5, 5.41) is 3.24. The van der Waals surface area contributed by atoms with E-state index in [0.29, 0.717) is 5.41 Å². The zero-order valence-corrected chi connectivity index (χ0v) is 11.8. The average molecular weight is 307 g/mol. The van der Waals surface area contributed by atoms with Crippen molar-refractivity contribution in [3.63, 3.8) is 0 Å². The second kappa shape index (κ2) is 5.71. The number of ether oxygens (including phenoxy) is 1. The predicted molar refractivity (Wildman–Crippen MR) is 71.3 cm³/mol. The van der Waals surface area contributed by atoms with Crippen LogP contribution in [0.2, 0.25) is 0 Å². The van der Waals surface area contributed by atoms with Crippen LogP contribution in [-0.2, 0) is 4.74 Å². The van der Waals surface area contributed by atoms with E-state index in [1.165, 1.54) is 22.8 Å². The van der Waals surface area contributed by atoms with E-state index in [4.69, 9.17) is 4.74 Å². The molecule has 0 spiro atoms. The molecule has 1 aliphatic rings. The largest absolute Gasteiger partial charge is 0.381 e. The first-order chi connectivity index (χ1) is 7.35. The molecule has 1 fully saturated rings. The normalized spacial score (nSPS) is 20.3. The molecule has 0 atom stereocenters. The molecule has 0 unspecified atom stereocenters. The van der Waals surface area contributed by atoms with Gasteiger partial charge in [0.1, 0.15) is 0 Å². The molecule has 0 radical (unpaired) electrons. The molecule has 0 aromatic carbocycles. The molecule has 0 bridgehead atoms. The number of hydrogen-bond acceptors (Lipinski definition) is 3. The number of thiophene rings is 1. The minimum absolute atomic E-state index is 0.451. The summed E-state index contributed by atoms with van der Waals surface area (Å²) in [5.74, 6) is 1.21. The van der Waals surface area contributed by atoms with Crippen LogP contribution in [0, 0.1) is 5.41 Å². The molecule has 2 heterocycles. The van der Waals surface area contributed by atoms with Crippen molar-refractivity contribution in [2.24, 2.45) is 5.41 Å². The van der Waals surface area contributed by atoms with E-state index in [9.17, 15) is 0 Å². The number of thioether (sulfide) groups is 1. The highest BCUT2D eigenvalue weighted by Crippen LogP contribution is 2.38. The fourth-order valence-electron chi connectivity index (χ4n) is 1.69. The third-order valence-corrected chi connectivity index (χ3v) is 6.52. The maximum Gasteiger partial charge on any atom is 0.0598 e. The summed E-state index contributed by atoms with van der Waals surface area (Å²) in [5.41, 5.74) is 0.451. The Morgan fingerprint density at radius 3 is 2.87 bits per heavy atom. The summed E-state index contributed by atoms with van der Waals surface area (Å²) < 4.78 is 6.87. The molecule has 0 aliphatic carbocycles. The summed E-state index contributed by atoms with van der Waals surface area (Å²) in [4.78, 5) is 0. The van der Waals surface area contributed by atoms with Crippen LogP contribution in [0.25, 0.3) is 0 Å². The van der Waals surface area contributed by atoms with Gasteiger partial charge in [0.2, 0.25) is 0 Å². The summed E-state index contributed by atoms with van der Waals surface area (Å²) in [6, 6.07) is 4.33. The molecular weight excluding hydrogens is 292 g/mol. The van der Waals surface area contributed by atoms with Crippen LogP contribution in [0.5, 0.6) is 0 Å². The van der Waals surface area contributed by atoms with Gasteiger partial charge in [0.25, 0.3) is 0 Å². The molecule has 2 rings (SSSR count). The summed E-state index contributed by atoms with van der Waals surface area (Å²) >= 11 is 7.49. The lowest BCUT2D eigenvalue weighted by atomic mass is 9.85. The molecule has 1 nitrogen and oxygen atoms in total. The van der Waals surface area contributed by atoms with Crippen molar-refractivity contribution >= 4 is 39.0 Å². The van der Waals surface area contributed by atoms with Crippen molar-refractivity contribution < 1.29 is 4.74 Å². The van der Waals surface area contributed by atoms with Crippen LogP contribution in [-0.4, -0.2) is 24.3 Å². The van der Waals surface area contributed by atoms with Gasteiger partial charge in [-0.25, -0.2) is 0 Å². The Bertz CT molecular complexity index is 281. The monoisotopic (exact) mass is 306 g/mol. The van der Waals surface area contributed by atoms with Crippen molar-refractivity contribution in [3.05, 3.63) is 17.5 Å². The van der Waals surface area contributed by atoms with Crippen LogP contribution < -0.4 is 0 Å². The van der Waals surface area contributed by atoms with Gasteiger partial charge in [-0.1, -0.05) is 22.0 Å². The van der Waals surface area contributed by atoms with E-state index >= 15 is 0 Å². The van der Waals surface area contributed by atoms with Crippen LogP contribution >= 0.6 is 39.0 Å². The lowest BCUT2D eigenvalue weighted by molar-refractivity contribution is 0.0374. The van der Waals surface area contributed by atoms with Gasteiger partial charge in [-0.3, -0.25) is 0 Å². The van der Waals surface area contributed by atoms with E-state index in [1.807, 2.05) is 23.1 Å². The number of alkyl halides is 1. The molecule has 0 amide bonds. The zero-order valence-electron chi connectivity index (χ0n) is 8.58. The van der Waals surface area contributed by atoms with E-state index < -0.39 is 0 Å². The van der Waals surface area contributed by atoms with Crippen molar-refractivity contribution in [1.29, 1.82) is 0 Å². The van der Waals surface area contributed by atoms with Crippen LogP contribution in [0.1, 0.15) is 12.8 Å². The van der Waals surface area contributed by atoms with Crippen molar-refractivity contribution in [2.45, 2.75) is 17.1 Å². The first kappa shape index (κ1) is 12.0. The standard InChI is InChI=1S/C11H15BrOS2/c12-8-11(3-5-13-6-4-11)9-15-10-2-1-7-14-10/h1-2,7H,3-6,8-9H2. The Morgan fingerprint density at radius 2 is 2.27 bits per heavy atom.